The van der Waals surface area contributed by atoms with Crippen molar-refractivity contribution in [3.05, 3.63) is 29.3 Å². The van der Waals surface area contributed by atoms with Crippen LogP contribution < -0.4 is 4.74 Å². The summed E-state index contributed by atoms with van der Waals surface area (Å²) in [6.07, 6.45) is 1.90. The number of aliphatic hydroxyl groups excluding tert-OH is 1. The Morgan fingerprint density at radius 2 is 2.32 bits per heavy atom. The minimum atomic E-state index is -1.07. The van der Waals surface area contributed by atoms with Crippen molar-refractivity contribution >= 4 is 5.91 Å². The molecule has 1 fully saturated rings. The Morgan fingerprint density at radius 1 is 1.50 bits per heavy atom. The number of piperidine rings is 1. The first-order valence-electron chi connectivity index (χ1n) is 7.99. The van der Waals surface area contributed by atoms with Crippen LogP contribution in [0.3, 0.4) is 0 Å². The zero-order valence-electron chi connectivity index (χ0n) is 12.9. The second-order valence-corrected chi connectivity index (χ2v) is 6.25. The molecular formula is C17H23NO4. The number of amides is 1. The smallest absolute Gasteiger partial charge is 0.253 e. The van der Waals surface area contributed by atoms with Crippen molar-refractivity contribution in [3.8, 4) is 5.75 Å². The van der Waals surface area contributed by atoms with Crippen LogP contribution in [0.5, 0.6) is 5.75 Å². The molecule has 3 rings (SSSR count). The first-order chi connectivity index (χ1) is 10.5. The van der Waals surface area contributed by atoms with Crippen molar-refractivity contribution < 1.29 is 19.7 Å². The Labute approximate surface area is 130 Å². The third kappa shape index (κ3) is 2.71. The van der Waals surface area contributed by atoms with Gasteiger partial charge in [-0.3, -0.25) is 4.79 Å². The molecule has 1 amide bonds. The number of hydrogen-bond acceptors (Lipinski definition) is 4. The van der Waals surface area contributed by atoms with Gasteiger partial charge in [-0.25, -0.2) is 0 Å². The predicted molar refractivity (Wildman–Crippen MR) is 82.0 cm³/mol. The van der Waals surface area contributed by atoms with E-state index < -0.39 is 11.7 Å². The quantitative estimate of drug-likeness (QED) is 0.865. The van der Waals surface area contributed by atoms with Crippen LogP contribution in [0, 0.1) is 0 Å². The highest BCUT2D eigenvalue weighted by atomic mass is 16.5. The third-order valence-electron chi connectivity index (χ3n) is 4.88. The highest BCUT2D eigenvalue weighted by molar-refractivity contribution is 5.94. The van der Waals surface area contributed by atoms with E-state index in [-0.39, 0.29) is 12.5 Å². The zero-order chi connectivity index (χ0) is 15.7. The van der Waals surface area contributed by atoms with Crippen LogP contribution in [0.2, 0.25) is 0 Å². The lowest BCUT2D eigenvalue weighted by Crippen LogP contribution is -2.56. The van der Waals surface area contributed by atoms with E-state index in [1.54, 1.807) is 11.0 Å². The lowest BCUT2D eigenvalue weighted by atomic mass is 9.86. The lowest BCUT2D eigenvalue weighted by Gasteiger charge is -2.41. The maximum Gasteiger partial charge on any atom is 0.253 e. The minimum Gasteiger partial charge on any atom is -0.493 e. The van der Waals surface area contributed by atoms with Crippen LogP contribution in [0.25, 0.3) is 0 Å². The maximum absolute atomic E-state index is 12.6. The maximum atomic E-state index is 12.6. The fraction of sp³-hybridized carbons (Fsp3) is 0.588. The fourth-order valence-electron chi connectivity index (χ4n) is 3.24. The van der Waals surface area contributed by atoms with E-state index >= 15 is 0 Å². The largest absolute Gasteiger partial charge is 0.493 e. The fourth-order valence-corrected chi connectivity index (χ4v) is 3.24. The molecule has 2 aliphatic heterocycles. The van der Waals surface area contributed by atoms with Gasteiger partial charge in [-0.1, -0.05) is 6.92 Å². The van der Waals surface area contributed by atoms with Gasteiger partial charge >= 0.3 is 0 Å². The van der Waals surface area contributed by atoms with E-state index in [1.165, 1.54) is 0 Å². The van der Waals surface area contributed by atoms with Crippen molar-refractivity contribution in [1.29, 1.82) is 0 Å². The molecule has 0 aromatic heterocycles. The molecule has 0 radical (unpaired) electrons. The summed E-state index contributed by atoms with van der Waals surface area (Å²) in [7, 11) is 0. The van der Waals surface area contributed by atoms with Crippen LogP contribution in [0.1, 0.15) is 42.1 Å². The van der Waals surface area contributed by atoms with Gasteiger partial charge in [0, 0.05) is 18.7 Å². The summed E-state index contributed by atoms with van der Waals surface area (Å²) < 4.78 is 5.56. The lowest BCUT2D eigenvalue weighted by molar-refractivity contribution is -0.114. The van der Waals surface area contributed by atoms with Crippen LogP contribution in [0.4, 0.5) is 0 Å². The van der Waals surface area contributed by atoms with Gasteiger partial charge in [0.05, 0.1) is 12.2 Å². The second kappa shape index (κ2) is 5.89. The summed E-state index contributed by atoms with van der Waals surface area (Å²) in [6, 6.07) is 5.52. The van der Waals surface area contributed by atoms with E-state index in [9.17, 15) is 15.0 Å². The van der Waals surface area contributed by atoms with Gasteiger partial charge in [0.2, 0.25) is 0 Å². The molecule has 2 N–H and O–H groups in total. The zero-order valence-corrected chi connectivity index (χ0v) is 12.9. The molecule has 120 valence electrons. The van der Waals surface area contributed by atoms with Gasteiger partial charge in [0.15, 0.2) is 0 Å². The summed E-state index contributed by atoms with van der Waals surface area (Å²) in [5.74, 6) is 0.771. The molecule has 2 heterocycles. The molecule has 2 aliphatic rings. The predicted octanol–water partition coefficient (Wildman–Crippen LogP) is 1.36. The van der Waals surface area contributed by atoms with E-state index in [0.717, 1.165) is 30.8 Å². The summed E-state index contributed by atoms with van der Waals surface area (Å²) >= 11 is 0. The first kappa shape index (κ1) is 15.3. The molecule has 0 bridgehead atoms. The molecule has 5 nitrogen and oxygen atoms in total. The minimum absolute atomic E-state index is 0.0921. The number of aliphatic hydroxyl groups is 2. The normalized spacial score (nSPS) is 28.0. The first-order valence-corrected chi connectivity index (χ1v) is 7.99. The van der Waals surface area contributed by atoms with Gasteiger partial charge in [0.1, 0.15) is 11.9 Å². The van der Waals surface area contributed by atoms with Crippen molar-refractivity contribution in [2.75, 3.05) is 19.7 Å². The number of ether oxygens (including phenoxy) is 1. The molecule has 2 unspecified atom stereocenters. The summed E-state index contributed by atoms with van der Waals surface area (Å²) in [5.41, 5.74) is 0.624. The molecule has 1 aromatic carbocycles. The van der Waals surface area contributed by atoms with Crippen LogP contribution in [-0.2, 0) is 6.42 Å². The second-order valence-electron chi connectivity index (χ2n) is 6.25. The standard InChI is InChI=1S/C17H23NO4/c1-2-17(21)7-8-18(11-15(17)19)16(20)13-5-6-14-12(10-13)4-3-9-22-14/h5-6,10,15,19,21H,2-4,7-9,11H2,1H3. The van der Waals surface area contributed by atoms with Crippen molar-refractivity contribution in [1.82, 2.24) is 4.90 Å². The van der Waals surface area contributed by atoms with E-state index in [2.05, 4.69) is 0 Å². The molecule has 0 spiro atoms. The number of benzene rings is 1. The summed E-state index contributed by atoms with van der Waals surface area (Å²) in [6.45, 7) is 3.23. The summed E-state index contributed by atoms with van der Waals surface area (Å²) in [4.78, 5) is 14.2. The molecule has 22 heavy (non-hydrogen) atoms. The summed E-state index contributed by atoms with van der Waals surface area (Å²) in [5, 5.41) is 20.4. The highest BCUT2D eigenvalue weighted by Crippen LogP contribution is 2.29. The van der Waals surface area contributed by atoms with Crippen LogP contribution in [0.15, 0.2) is 18.2 Å². The van der Waals surface area contributed by atoms with Gasteiger partial charge in [-0.15, -0.1) is 0 Å². The monoisotopic (exact) mass is 305 g/mol. The number of carbonyl (C=O) groups is 1. The number of fused-ring (bicyclic) bond motifs is 1. The number of rotatable bonds is 2. The van der Waals surface area contributed by atoms with E-state index in [0.29, 0.717) is 24.9 Å². The average Bonchev–Trinajstić information content (AvgIpc) is 2.56. The molecular weight excluding hydrogens is 282 g/mol. The Bertz CT molecular complexity index is 574. The molecule has 1 saturated heterocycles. The third-order valence-corrected chi connectivity index (χ3v) is 4.88. The average molecular weight is 305 g/mol. The highest BCUT2D eigenvalue weighted by Gasteiger charge is 2.40. The van der Waals surface area contributed by atoms with E-state index in [1.807, 2.05) is 19.1 Å². The number of likely N-dealkylation sites (tertiary alicyclic amines) is 1. The Morgan fingerprint density at radius 3 is 3.05 bits per heavy atom. The molecule has 5 heteroatoms. The van der Waals surface area contributed by atoms with Crippen LogP contribution in [-0.4, -0.2) is 52.4 Å². The molecule has 1 aromatic rings. The Hall–Kier alpha value is -1.59. The van der Waals surface area contributed by atoms with Gasteiger partial charge < -0.3 is 19.8 Å². The van der Waals surface area contributed by atoms with Gasteiger partial charge in [-0.05, 0) is 49.4 Å². The number of carbonyl (C=O) groups excluding carboxylic acids is 1. The van der Waals surface area contributed by atoms with Gasteiger partial charge in [0.25, 0.3) is 5.91 Å². The number of hydrogen-bond donors (Lipinski definition) is 2. The SMILES string of the molecule is CCC1(O)CCN(C(=O)c2ccc3c(c2)CCCO3)CC1O. The van der Waals surface area contributed by atoms with E-state index in [4.69, 9.17) is 4.74 Å². The van der Waals surface area contributed by atoms with Gasteiger partial charge in [-0.2, -0.15) is 0 Å². The van der Waals surface area contributed by atoms with Crippen molar-refractivity contribution in [2.24, 2.45) is 0 Å². The molecule has 2 atom stereocenters. The Kier molecular flexibility index (Phi) is 4.10. The molecule has 0 saturated carbocycles. The molecule has 0 aliphatic carbocycles. The Balaban J connectivity index is 1.75. The topological polar surface area (TPSA) is 70.0 Å². The van der Waals surface area contributed by atoms with Crippen LogP contribution >= 0.6 is 0 Å². The van der Waals surface area contributed by atoms with Crippen molar-refractivity contribution in [2.45, 2.75) is 44.3 Å². The number of aryl methyl sites for hydroxylation is 1. The number of β-amino-alcohol motifs (C(OH)–C–C–N with tert-alkyl or cyclic N) is 1. The van der Waals surface area contributed by atoms with Crippen molar-refractivity contribution in [3.63, 3.8) is 0 Å². The number of nitrogens with zero attached hydrogens (tertiary/aromatic N) is 1.